The molecule has 0 spiro atoms. The molecule has 0 saturated heterocycles. The fraction of sp³-hybridized carbons (Fsp3) is 0.130. The molecular formula is C23H20N6O2. The van der Waals surface area contributed by atoms with Crippen LogP contribution in [0, 0.1) is 6.92 Å². The number of rotatable bonds is 6. The van der Waals surface area contributed by atoms with Crippen molar-refractivity contribution in [1.29, 1.82) is 0 Å². The van der Waals surface area contributed by atoms with E-state index in [0.717, 1.165) is 28.7 Å². The normalized spacial score (nSPS) is 11.1. The zero-order chi connectivity index (χ0) is 21.2. The van der Waals surface area contributed by atoms with Crippen LogP contribution in [0.2, 0.25) is 0 Å². The molecule has 0 saturated carbocycles. The van der Waals surface area contributed by atoms with E-state index in [1.807, 2.05) is 55.6 Å². The summed E-state index contributed by atoms with van der Waals surface area (Å²) >= 11 is 0. The summed E-state index contributed by atoms with van der Waals surface area (Å²) in [6.45, 7) is 3.35. The first-order valence-corrected chi connectivity index (χ1v) is 9.91. The van der Waals surface area contributed by atoms with E-state index in [1.165, 1.54) is 6.39 Å². The second-order valence-electron chi connectivity index (χ2n) is 7.27. The van der Waals surface area contributed by atoms with Crippen LogP contribution in [-0.4, -0.2) is 30.2 Å². The van der Waals surface area contributed by atoms with Gasteiger partial charge in [0.25, 0.3) is 5.91 Å². The van der Waals surface area contributed by atoms with E-state index in [4.69, 9.17) is 4.42 Å². The van der Waals surface area contributed by atoms with Crippen molar-refractivity contribution < 1.29 is 9.21 Å². The molecule has 4 aromatic heterocycles. The van der Waals surface area contributed by atoms with Crippen molar-refractivity contribution in [3.05, 3.63) is 84.9 Å². The average Bonchev–Trinajstić information content (AvgIpc) is 3.52. The second-order valence-corrected chi connectivity index (χ2v) is 7.27. The number of aryl methyl sites for hydroxylation is 3. The molecule has 8 nitrogen and oxygen atoms in total. The number of nitrogens with zero attached hydrogens (tertiary/aromatic N) is 5. The molecule has 0 aliphatic carbocycles. The van der Waals surface area contributed by atoms with E-state index in [-0.39, 0.29) is 11.6 Å². The van der Waals surface area contributed by atoms with Gasteiger partial charge in [0.1, 0.15) is 5.65 Å². The fourth-order valence-corrected chi connectivity index (χ4v) is 3.55. The van der Waals surface area contributed by atoms with Gasteiger partial charge in [0, 0.05) is 36.1 Å². The maximum Gasteiger partial charge on any atom is 0.278 e. The van der Waals surface area contributed by atoms with Crippen molar-refractivity contribution >= 4 is 22.6 Å². The Morgan fingerprint density at radius 1 is 1.13 bits per heavy atom. The highest BCUT2D eigenvalue weighted by Crippen LogP contribution is 2.24. The second kappa shape index (κ2) is 7.91. The largest absolute Gasteiger partial charge is 0.443 e. The highest BCUT2D eigenvalue weighted by Gasteiger charge is 2.19. The molecule has 0 bridgehead atoms. The van der Waals surface area contributed by atoms with E-state index in [2.05, 4.69) is 25.0 Å². The van der Waals surface area contributed by atoms with Crippen molar-refractivity contribution in [2.24, 2.45) is 0 Å². The van der Waals surface area contributed by atoms with Gasteiger partial charge in [-0.1, -0.05) is 23.8 Å². The van der Waals surface area contributed by atoms with Crippen LogP contribution in [0.5, 0.6) is 0 Å². The minimum Gasteiger partial charge on any atom is -0.443 e. The maximum absolute atomic E-state index is 12.8. The molecule has 0 aliphatic rings. The van der Waals surface area contributed by atoms with Gasteiger partial charge >= 0.3 is 0 Å². The predicted molar refractivity (Wildman–Crippen MR) is 117 cm³/mol. The number of fused-ring (bicyclic) bond motifs is 1. The minimum absolute atomic E-state index is 0.239. The molecule has 1 aromatic carbocycles. The van der Waals surface area contributed by atoms with Gasteiger partial charge in [-0.05, 0) is 31.2 Å². The van der Waals surface area contributed by atoms with Gasteiger partial charge in [0.15, 0.2) is 17.8 Å². The molecule has 0 radical (unpaired) electrons. The van der Waals surface area contributed by atoms with Crippen LogP contribution < -0.4 is 5.32 Å². The molecule has 1 amide bonds. The lowest BCUT2D eigenvalue weighted by Crippen LogP contribution is -2.13. The first-order valence-electron chi connectivity index (χ1n) is 9.91. The van der Waals surface area contributed by atoms with Crippen LogP contribution >= 0.6 is 0 Å². The van der Waals surface area contributed by atoms with Gasteiger partial charge in [-0.15, -0.1) is 0 Å². The van der Waals surface area contributed by atoms with Crippen LogP contribution in [0.25, 0.3) is 22.4 Å². The van der Waals surface area contributed by atoms with Crippen LogP contribution in [0.15, 0.2) is 78.1 Å². The van der Waals surface area contributed by atoms with Gasteiger partial charge in [0.05, 0.1) is 18.4 Å². The molecule has 4 heterocycles. The standard InChI is InChI=1S/C23H20N6O2/c1-16-4-2-5-18(12-16)21-20(25-15-31-21)23(30)27-19-13-26-29(14-19)11-10-28-9-7-17-6-3-8-24-22(17)28/h2-9,12-15H,10-11H2,1H3,(H,27,30). The zero-order valence-electron chi connectivity index (χ0n) is 16.9. The van der Waals surface area contributed by atoms with E-state index in [9.17, 15) is 4.79 Å². The Bertz CT molecular complexity index is 1360. The number of amides is 1. The number of pyridine rings is 1. The molecule has 0 fully saturated rings. The number of benzene rings is 1. The van der Waals surface area contributed by atoms with E-state index >= 15 is 0 Å². The topological polar surface area (TPSA) is 90.8 Å². The Hall–Kier alpha value is -4.20. The molecule has 0 atom stereocenters. The third-order valence-corrected chi connectivity index (χ3v) is 5.05. The Morgan fingerprint density at radius 2 is 2.06 bits per heavy atom. The summed E-state index contributed by atoms with van der Waals surface area (Å²) in [5, 5.41) is 8.30. The molecule has 0 aliphatic heterocycles. The summed E-state index contributed by atoms with van der Waals surface area (Å²) in [6, 6.07) is 13.8. The number of carbonyl (C=O) groups is 1. The molecule has 0 unspecified atom stereocenters. The SMILES string of the molecule is Cc1cccc(-c2ocnc2C(=O)Nc2cnn(CCn3ccc4cccnc43)c2)c1. The van der Waals surface area contributed by atoms with Gasteiger partial charge in [-0.2, -0.15) is 5.10 Å². The van der Waals surface area contributed by atoms with E-state index in [1.54, 1.807) is 23.3 Å². The monoisotopic (exact) mass is 412 g/mol. The maximum atomic E-state index is 12.8. The number of aromatic nitrogens is 5. The van der Waals surface area contributed by atoms with Gasteiger partial charge in [0.2, 0.25) is 0 Å². The summed E-state index contributed by atoms with van der Waals surface area (Å²) in [6.07, 6.45) is 8.50. The summed E-state index contributed by atoms with van der Waals surface area (Å²) in [7, 11) is 0. The van der Waals surface area contributed by atoms with Crippen molar-refractivity contribution in [2.75, 3.05) is 5.32 Å². The molecule has 31 heavy (non-hydrogen) atoms. The first-order chi connectivity index (χ1) is 15.2. The third kappa shape index (κ3) is 3.83. The highest BCUT2D eigenvalue weighted by atomic mass is 16.3. The zero-order valence-corrected chi connectivity index (χ0v) is 16.9. The van der Waals surface area contributed by atoms with E-state index < -0.39 is 0 Å². The lowest BCUT2D eigenvalue weighted by atomic mass is 10.1. The third-order valence-electron chi connectivity index (χ3n) is 5.05. The molecule has 8 heteroatoms. The number of hydrogen-bond donors (Lipinski definition) is 1. The molecule has 5 aromatic rings. The van der Waals surface area contributed by atoms with Crippen LogP contribution in [0.4, 0.5) is 5.69 Å². The number of hydrogen-bond acceptors (Lipinski definition) is 5. The number of nitrogens with one attached hydrogen (secondary N) is 1. The number of carbonyl (C=O) groups excluding carboxylic acids is 1. The van der Waals surface area contributed by atoms with Gasteiger partial charge < -0.3 is 14.3 Å². The van der Waals surface area contributed by atoms with Crippen molar-refractivity contribution in [3.63, 3.8) is 0 Å². The summed E-state index contributed by atoms with van der Waals surface area (Å²) < 4.78 is 9.35. The first kappa shape index (κ1) is 18.8. The number of oxazole rings is 1. The molecule has 1 N–H and O–H groups in total. The van der Waals surface area contributed by atoms with Crippen LogP contribution in [0.1, 0.15) is 16.1 Å². The van der Waals surface area contributed by atoms with Crippen LogP contribution in [-0.2, 0) is 13.1 Å². The Labute approximate surface area is 178 Å². The summed E-state index contributed by atoms with van der Waals surface area (Å²) in [5.74, 6) is 0.103. The molecular weight excluding hydrogens is 392 g/mol. The fourth-order valence-electron chi connectivity index (χ4n) is 3.55. The lowest BCUT2D eigenvalue weighted by molar-refractivity contribution is 0.102. The highest BCUT2D eigenvalue weighted by molar-refractivity contribution is 6.06. The lowest BCUT2D eigenvalue weighted by Gasteiger charge is -2.05. The van der Waals surface area contributed by atoms with Gasteiger partial charge in [-0.25, -0.2) is 9.97 Å². The molecule has 154 valence electrons. The van der Waals surface area contributed by atoms with Crippen LogP contribution in [0.3, 0.4) is 0 Å². The Kier molecular flexibility index (Phi) is 4.80. The summed E-state index contributed by atoms with van der Waals surface area (Å²) in [5.41, 5.74) is 3.66. The average molecular weight is 412 g/mol. The Balaban J connectivity index is 1.27. The van der Waals surface area contributed by atoms with Gasteiger partial charge in [-0.3, -0.25) is 9.48 Å². The minimum atomic E-state index is -0.342. The Morgan fingerprint density at radius 3 is 2.97 bits per heavy atom. The summed E-state index contributed by atoms with van der Waals surface area (Å²) in [4.78, 5) is 21.3. The van der Waals surface area contributed by atoms with Crippen molar-refractivity contribution in [2.45, 2.75) is 20.0 Å². The predicted octanol–water partition coefficient (Wildman–Crippen LogP) is 4.15. The number of anilines is 1. The van der Waals surface area contributed by atoms with Crippen molar-refractivity contribution in [1.82, 2.24) is 24.3 Å². The smallest absolute Gasteiger partial charge is 0.278 e. The van der Waals surface area contributed by atoms with Crippen molar-refractivity contribution in [3.8, 4) is 11.3 Å². The van der Waals surface area contributed by atoms with E-state index in [0.29, 0.717) is 18.0 Å². The molecule has 5 rings (SSSR count). The quantitative estimate of drug-likeness (QED) is 0.452.